The molecule has 1 aliphatic carbocycles. The van der Waals surface area contributed by atoms with E-state index in [2.05, 4.69) is 0 Å². The van der Waals surface area contributed by atoms with Gasteiger partial charge in [0.05, 0.1) is 18.4 Å². The Kier molecular flexibility index (Phi) is 5.28. The van der Waals surface area contributed by atoms with Gasteiger partial charge in [-0.05, 0) is 19.3 Å². The summed E-state index contributed by atoms with van der Waals surface area (Å²) >= 11 is 0. The lowest BCUT2D eigenvalue weighted by atomic mass is 9.79. The Labute approximate surface area is 99.5 Å². The average molecular weight is 252 g/mol. The van der Waals surface area contributed by atoms with Crippen molar-refractivity contribution in [2.24, 2.45) is 11.8 Å². The molecule has 0 radical (unpaired) electrons. The van der Waals surface area contributed by atoms with E-state index in [1.54, 1.807) is 0 Å². The predicted octanol–water partition coefficient (Wildman–Crippen LogP) is 3.70. The Balaban J connectivity index is 2.55. The van der Waals surface area contributed by atoms with Gasteiger partial charge in [0.25, 0.3) is 0 Å². The number of alkyl halides is 3. The molecule has 1 saturated carbocycles. The molecule has 0 spiro atoms. The van der Waals surface area contributed by atoms with Crippen LogP contribution in [0.2, 0.25) is 0 Å². The molecule has 0 aromatic heterocycles. The highest BCUT2D eigenvalue weighted by Crippen LogP contribution is 2.41. The quantitative estimate of drug-likeness (QED) is 0.563. The first-order valence-corrected chi connectivity index (χ1v) is 6.20. The first-order chi connectivity index (χ1) is 7.96. The number of esters is 1. The first-order valence-electron chi connectivity index (χ1n) is 6.20. The molecule has 0 saturated heterocycles. The van der Waals surface area contributed by atoms with Gasteiger partial charge in [0, 0.05) is 0 Å². The van der Waals surface area contributed by atoms with Gasteiger partial charge in [0.15, 0.2) is 0 Å². The Morgan fingerprint density at radius 1 is 1.29 bits per heavy atom. The van der Waals surface area contributed by atoms with Crippen LogP contribution in [0.25, 0.3) is 0 Å². The van der Waals surface area contributed by atoms with E-state index < -0.39 is 24.0 Å². The summed E-state index contributed by atoms with van der Waals surface area (Å²) in [6.07, 6.45) is -1.14. The number of unbranched alkanes of at least 4 members (excludes halogenated alkanes) is 1. The highest BCUT2D eigenvalue weighted by atomic mass is 19.4. The number of carbonyl (C=O) groups is 1. The molecule has 1 rings (SSSR count). The van der Waals surface area contributed by atoms with E-state index in [4.69, 9.17) is 4.74 Å². The second kappa shape index (κ2) is 6.26. The molecule has 2 unspecified atom stereocenters. The number of halogens is 3. The fraction of sp³-hybridized carbons (Fsp3) is 0.917. The third kappa shape index (κ3) is 4.21. The molecular weight excluding hydrogens is 233 g/mol. The Morgan fingerprint density at radius 3 is 2.53 bits per heavy atom. The largest absolute Gasteiger partial charge is 0.465 e. The monoisotopic (exact) mass is 252 g/mol. The van der Waals surface area contributed by atoms with Gasteiger partial charge in [-0.1, -0.05) is 26.2 Å². The third-order valence-corrected chi connectivity index (χ3v) is 3.23. The molecule has 2 nitrogen and oxygen atoms in total. The Hall–Kier alpha value is -0.740. The zero-order valence-corrected chi connectivity index (χ0v) is 10.1. The summed E-state index contributed by atoms with van der Waals surface area (Å²) in [6.45, 7) is 2.17. The summed E-state index contributed by atoms with van der Waals surface area (Å²) in [5.41, 5.74) is 0. The minimum absolute atomic E-state index is 0.0526. The Bertz CT molecular complexity index is 251. The molecule has 0 amide bonds. The van der Waals surface area contributed by atoms with E-state index in [0.29, 0.717) is 25.7 Å². The summed E-state index contributed by atoms with van der Waals surface area (Å²) in [4.78, 5) is 11.6. The first kappa shape index (κ1) is 14.3. The molecule has 1 fully saturated rings. The van der Waals surface area contributed by atoms with Crippen molar-refractivity contribution >= 4 is 5.97 Å². The molecule has 0 heterocycles. The molecule has 2 atom stereocenters. The molecule has 0 aromatic carbocycles. The summed E-state index contributed by atoms with van der Waals surface area (Å²) in [5, 5.41) is 0. The van der Waals surface area contributed by atoms with Crippen molar-refractivity contribution in [2.45, 2.75) is 51.6 Å². The smallest absolute Gasteiger partial charge is 0.392 e. The molecule has 1 aliphatic rings. The van der Waals surface area contributed by atoms with E-state index in [-0.39, 0.29) is 13.0 Å². The van der Waals surface area contributed by atoms with Crippen LogP contribution in [0.1, 0.15) is 45.4 Å². The van der Waals surface area contributed by atoms with E-state index in [1.807, 2.05) is 6.92 Å². The van der Waals surface area contributed by atoms with E-state index >= 15 is 0 Å². The van der Waals surface area contributed by atoms with Crippen LogP contribution in [0.3, 0.4) is 0 Å². The lowest BCUT2D eigenvalue weighted by molar-refractivity contribution is -0.205. The maximum Gasteiger partial charge on any atom is 0.392 e. The summed E-state index contributed by atoms with van der Waals surface area (Å²) < 4.78 is 43.1. The van der Waals surface area contributed by atoms with Crippen LogP contribution in [0.15, 0.2) is 0 Å². The Morgan fingerprint density at radius 2 is 1.94 bits per heavy atom. The average Bonchev–Trinajstić information content (AvgIpc) is 2.28. The molecule has 0 aromatic rings. The minimum atomic E-state index is -4.28. The van der Waals surface area contributed by atoms with Crippen LogP contribution in [0.5, 0.6) is 0 Å². The SMILES string of the molecule is CCCCOC(=O)C1CCCCC1C(F)(F)F. The van der Waals surface area contributed by atoms with Gasteiger partial charge in [-0.15, -0.1) is 0 Å². The molecule has 0 bridgehead atoms. The van der Waals surface area contributed by atoms with E-state index in [0.717, 1.165) is 6.42 Å². The second-order valence-corrected chi connectivity index (χ2v) is 4.56. The fourth-order valence-electron chi connectivity index (χ4n) is 2.23. The van der Waals surface area contributed by atoms with Crippen LogP contribution < -0.4 is 0 Å². The van der Waals surface area contributed by atoms with Gasteiger partial charge in [-0.3, -0.25) is 4.79 Å². The van der Waals surface area contributed by atoms with Crippen molar-refractivity contribution in [3.05, 3.63) is 0 Å². The molecule has 17 heavy (non-hydrogen) atoms. The topological polar surface area (TPSA) is 26.3 Å². The van der Waals surface area contributed by atoms with Gasteiger partial charge in [-0.2, -0.15) is 13.2 Å². The fourth-order valence-corrected chi connectivity index (χ4v) is 2.23. The molecule has 0 N–H and O–H groups in total. The number of rotatable bonds is 4. The summed E-state index contributed by atoms with van der Waals surface area (Å²) in [5.74, 6) is -3.16. The number of ether oxygens (including phenoxy) is 1. The van der Waals surface area contributed by atoms with Gasteiger partial charge >= 0.3 is 12.1 Å². The van der Waals surface area contributed by atoms with Gasteiger partial charge < -0.3 is 4.74 Å². The van der Waals surface area contributed by atoms with Crippen LogP contribution >= 0.6 is 0 Å². The lowest BCUT2D eigenvalue weighted by Gasteiger charge is -2.31. The maximum absolute atomic E-state index is 12.7. The molecule has 0 aliphatic heterocycles. The number of carbonyl (C=O) groups excluding carboxylic acids is 1. The van der Waals surface area contributed by atoms with Gasteiger partial charge in [0.1, 0.15) is 0 Å². The van der Waals surface area contributed by atoms with Gasteiger partial charge in [-0.25, -0.2) is 0 Å². The van der Waals surface area contributed by atoms with Crippen molar-refractivity contribution in [1.29, 1.82) is 0 Å². The highest BCUT2D eigenvalue weighted by molar-refractivity contribution is 5.73. The van der Waals surface area contributed by atoms with Gasteiger partial charge in [0.2, 0.25) is 0 Å². The zero-order valence-electron chi connectivity index (χ0n) is 10.1. The van der Waals surface area contributed by atoms with Crippen LogP contribution in [0, 0.1) is 11.8 Å². The highest BCUT2D eigenvalue weighted by Gasteiger charge is 2.48. The van der Waals surface area contributed by atoms with Crippen LogP contribution in [0.4, 0.5) is 13.2 Å². The van der Waals surface area contributed by atoms with Crippen molar-refractivity contribution in [3.63, 3.8) is 0 Å². The second-order valence-electron chi connectivity index (χ2n) is 4.56. The molecule has 5 heteroatoms. The zero-order chi connectivity index (χ0) is 12.9. The predicted molar refractivity (Wildman–Crippen MR) is 57.4 cm³/mol. The molecular formula is C12H19F3O2. The van der Waals surface area contributed by atoms with E-state index in [1.165, 1.54) is 0 Å². The summed E-state index contributed by atoms with van der Waals surface area (Å²) in [7, 11) is 0. The van der Waals surface area contributed by atoms with Crippen molar-refractivity contribution in [3.8, 4) is 0 Å². The van der Waals surface area contributed by atoms with Crippen LogP contribution in [-0.2, 0) is 9.53 Å². The number of hydrogen-bond acceptors (Lipinski definition) is 2. The minimum Gasteiger partial charge on any atom is -0.465 e. The molecule has 100 valence electrons. The normalized spacial score (nSPS) is 25.6. The maximum atomic E-state index is 12.7. The summed E-state index contributed by atoms with van der Waals surface area (Å²) in [6, 6.07) is 0. The van der Waals surface area contributed by atoms with Crippen molar-refractivity contribution < 1.29 is 22.7 Å². The van der Waals surface area contributed by atoms with Crippen LogP contribution in [-0.4, -0.2) is 18.8 Å². The third-order valence-electron chi connectivity index (χ3n) is 3.23. The number of hydrogen-bond donors (Lipinski definition) is 0. The van der Waals surface area contributed by atoms with E-state index in [9.17, 15) is 18.0 Å². The lowest BCUT2D eigenvalue weighted by Crippen LogP contribution is -2.38. The van der Waals surface area contributed by atoms with Crippen molar-refractivity contribution in [2.75, 3.05) is 6.61 Å². The standard InChI is InChI=1S/C12H19F3O2/c1-2-3-8-17-11(16)9-6-4-5-7-10(9)12(13,14)15/h9-10H,2-8H2,1H3. The van der Waals surface area contributed by atoms with Crippen molar-refractivity contribution in [1.82, 2.24) is 0 Å².